The molecule has 0 rings (SSSR count). The molecule has 0 unspecified atom stereocenters. The summed E-state index contributed by atoms with van der Waals surface area (Å²) >= 11 is 0. The Bertz CT molecular complexity index is 95.7. The highest BCUT2D eigenvalue weighted by Crippen LogP contribution is 2.13. The third-order valence-corrected chi connectivity index (χ3v) is 8.72. The lowest BCUT2D eigenvalue weighted by Crippen LogP contribution is -2.45. The van der Waals surface area contributed by atoms with Gasteiger partial charge in [0.1, 0.15) is 0 Å². The van der Waals surface area contributed by atoms with Crippen LogP contribution in [-0.4, -0.2) is 38.9 Å². The summed E-state index contributed by atoms with van der Waals surface area (Å²) in [5.41, 5.74) is 1.01. The molecule has 0 fully saturated rings. The Morgan fingerprint density at radius 1 is 1.00 bits per heavy atom. The van der Waals surface area contributed by atoms with Crippen molar-refractivity contribution in [1.29, 1.82) is 0 Å². The van der Waals surface area contributed by atoms with Crippen LogP contribution in [0.4, 0.5) is 0 Å². The third kappa shape index (κ3) is 3.48. The lowest BCUT2D eigenvalue weighted by atomic mass is 11.8. The highest BCUT2D eigenvalue weighted by Gasteiger charge is 2.38. The van der Waals surface area contributed by atoms with Gasteiger partial charge in [-0.1, -0.05) is 13.1 Å². The smallest absolute Gasteiger partial charge is 0.377 e. The van der Waals surface area contributed by atoms with E-state index >= 15 is 0 Å². The van der Waals surface area contributed by atoms with Crippen molar-refractivity contribution in [2.45, 2.75) is 18.8 Å². The van der Waals surface area contributed by atoms with Gasteiger partial charge in [-0.15, -0.1) is 0 Å². The first kappa shape index (κ1) is 11.3. The van der Waals surface area contributed by atoms with Crippen LogP contribution >= 0.6 is 0 Å². The predicted octanol–water partition coefficient (Wildman–Crippen LogP) is 0.890. The minimum absolute atomic E-state index is 0.662. The lowest BCUT2D eigenvalue weighted by Gasteiger charge is -2.25. The van der Waals surface area contributed by atoms with Crippen LogP contribution in [0, 0.1) is 0 Å². The van der Waals surface area contributed by atoms with Crippen LogP contribution in [0.5, 0.6) is 0 Å². The van der Waals surface area contributed by atoms with Crippen LogP contribution in [0.1, 0.15) is 0 Å². The van der Waals surface area contributed by atoms with E-state index in [1.165, 1.54) is 0 Å². The summed E-state index contributed by atoms with van der Waals surface area (Å²) in [4.78, 5) is 0. The molecule has 0 N–H and O–H groups in total. The van der Waals surface area contributed by atoms with Gasteiger partial charge in [0.15, 0.2) is 0 Å². The zero-order valence-corrected chi connectivity index (χ0v) is 10.2. The monoisotopic (exact) mass is 194 g/mol. The standard InChI is InChI=1S/C6H18O3Si2/c1-7-11(8-2,9-3)6-10(4)5/h10H,6H2,1-5H3. The Morgan fingerprint density at radius 3 is 1.45 bits per heavy atom. The molecule has 11 heavy (non-hydrogen) atoms. The van der Waals surface area contributed by atoms with E-state index in [1.54, 1.807) is 21.3 Å². The molecule has 0 heterocycles. The zero-order chi connectivity index (χ0) is 8.91. The molecule has 0 saturated carbocycles. The number of hydrogen-bond acceptors (Lipinski definition) is 3. The first-order valence-electron chi connectivity index (χ1n) is 3.75. The highest BCUT2D eigenvalue weighted by atomic mass is 28.4. The van der Waals surface area contributed by atoms with E-state index in [9.17, 15) is 0 Å². The molecule has 0 radical (unpaired) electrons. The number of rotatable bonds is 5. The van der Waals surface area contributed by atoms with Crippen LogP contribution in [0.25, 0.3) is 0 Å². The normalized spacial score (nSPS) is 12.5. The Morgan fingerprint density at radius 2 is 1.36 bits per heavy atom. The molecule has 5 heteroatoms. The Kier molecular flexibility index (Phi) is 5.19. The fraction of sp³-hybridized carbons (Fsp3) is 1.00. The fourth-order valence-electron chi connectivity index (χ4n) is 1.00. The lowest BCUT2D eigenvalue weighted by molar-refractivity contribution is 0.129. The van der Waals surface area contributed by atoms with Crippen molar-refractivity contribution in [3.05, 3.63) is 0 Å². The van der Waals surface area contributed by atoms with Gasteiger partial charge in [0.2, 0.25) is 0 Å². The van der Waals surface area contributed by atoms with Gasteiger partial charge in [0.25, 0.3) is 0 Å². The molecular weight excluding hydrogens is 176 g/mol. The second-order valence-electron chi connectivity index (χ2n) is 2.89. The molecular formula is C6H18O3Si2. The van der Waals surface area contributed by atoms with Crippen LogP contribution in [0.3, 0.4) is 0 Å². The molecule has 0 saturated heterocycles. The fourth-order valence-corrected chi connectivity index (χ4v) is 7.50. The van der Waals surface area contributed by atoms with Crippen LogP contribution in [0.2, 0.25) is 18.8 Å². The van der Waals surface area contributed by atoms with Gasteiger partial charge in [-0.05, 0) is 0 Å². The van der Waals surface area contributed by atoms with Gasteiger partial charge in [-0.3, -0.25) is 0 Å². The summed E-state index contributed by atoms with van der Waals surface area (Å²) in [6, 6.07) is 0. The molecule has 68 valence electrons. The van der Waals surface area contributed by atoms with Crippen molar-refractivity contribution >= 4 is 17.6 Å². The molecule has 3 nitrogen and oxygen atoms in total. The molecule has 0 spiro atoms. The Balaban J connectivity index is 4.05. The van der Waals surface area contributed by atoms with Crippen molar-refractivity contribution in [2.24, 2.45) is 0 Å². The zero-order valence-electron chi connectivity index (χ0n) is 8.01. The second-order valence-corrected chi connectivity index (χ2v) is 9.90. The second kappa shape index (κ2) is 5.05. The maximum Gasteiger partial charge on any atom is 0.497 e. The minimum Gasteiger partial charge on any atom is -0.377 e. The molecule has 0 aliphatic carbocycles. The topological polar surface area (TPSA) is 27.7 Å². The maximum atomic E-state index is 5.28. The first-order valence-corrected chi connectivity index (χ1v) is 8.81. The van der Waals surface area contributed by atoms with Gasteiger partial charge >= 0.3 is 8.80 Å². The van der Waals surface area contributed by atoms with E-state index < -0.39 is 17.6 Å². The van der Waals surface area contributed by atoms with E-state index in [0.717, 1.165) is 5.67 Å². The summed E-state index contributed by atoms with van der Waals surface area (Å²) in [5.74, 6) is 0. The molecule has 0 aromatic heterocycles. The van der Waals surface area contributed by atoms with Crippen molar-refractivity contribution in [3.8, 4) is 0 Å². The highest BCUT2D eigenvalue weighted by molar-refractivity contribution is 6.77. The van der Waals surface area contributed by atoms with E-state index in [4.69, 9.17) is 13.3 Å². The molecule has 0 aromatic rings. The predicted molar refractivity (Wildman–Crippen MR) is 50.5 cm³/mol. The van der Waals surface area contributed by atoms with E-state index in [2.05, 4.69) is 13.1 Å². The minimum atomic E-state index is -2.22. The summed E-state index contributed by atoms with van der Waals surface area (Å²) in [5, 5.41) is 0. The summed E-state index contributed by atoms with van der Waals surface area (Å²) in [6.07, 6.45) is 0. The van der Waals surface area contributed by atoms with Crippen molar-refractivity contribution in [3.63, 3.8) is 0 Å². The molecule has 0 amide bonds. The van der Waals surface area contributed by atoms with Crippen LogP contribution < -0.4 is 0 Å². The maximum absolute atomic E-state index is 5.28. The number of hydrogen-bond donors (Lipinski definition) is 0. The summed E-state index contributed by atoms with van der Waals surface area (Å²) < 4.78 is 15.8. The van der Waals surface area contributed by atoms with Gasteiger partial charge in [-0.25, -0.2) is 0 Å². The molecule has 0 aromatic carbocycles. The van der Waals surface area contributed by atoms with E-state index in [0.29, 0.717) is 0 Å². The van der Waals surface area contributed by atoms with Gasteiger partial charge in [0, 0.05) is 35.8 Å². The largest absolute Gasteiger partial charge is 0.497 e. The quantitative estimate of drug-likeness (QED) is 0.608. The van der Waals surface area contributed by atoms with Crippen molar-refractivity contribution in [1.82, 2.24) is 0 Å². The van der Waals surface area contributed by atoms with Crippen molar-refractivity contribution < 1.29 is 13.3 Å². The Labute approximate surface area is 71.6 Å². The van der Waals surface area contributed by atoms with E-state index in [-0.39, 0.29) is 0 Å². The average Bonchev–Trinajstić information content (AvgIpc) is 2.00. The van der Waals surface area contributed by atoms with Gasteiger partial charge in [0.05, 0.1) is 0 Å². The Hall–Kier alpha value is 0.314. The van der Waals surface area contributed by atoms with Gasteiger partial charge < -0.3 is 13.3 Å². The van der Waals surface area contributed by atoms with Gasteiger partial charge in [-0.2, -0.15) is 0 Å². The molecule has 0 bridgehead atoms. The third-order valence-electron chi connectivity index (χ3n) is 1.59. The van der Waals surface area contributed by atoms with Crippen LogP contribution in [0.15, 0.2) is 0 Å². The first-order chi connectivity index (χ1) is 5.10. The molecule has 0 atom stereocenters. The van der Waals surface area contributed by atoms with Crippen molar-refractivity contribution in [2.75, 3.05) is 21.3 Å². The van der Waals surface area contributed by atoms with Crippen LogP contribution in [-0.2, 0) is 13.3 Å². The average molecular weight is 194 g/mol. The van der Waals surface area contributed by atoms with E-state index in [1.807, 2.05) is 0 Å². The summed E-state index contributed by atoms with van der Waals surface area (Å²) in [6.45, 7) is 4.53. The molecule has 0 aliphatic rings. The molecule has 0 aliphatic heterocycles. The summed E-state index contributed by atoms with van der Waals surface area (Å²) in [7, 11) is 2.11. The SMILES string of the molecule is CO[Si](C[SiH](C)C)(OC)OC.